The third-order valence-corrected chi connectivity index (χ3v) is 5.83. The van der Waals surface area contributed by atoms with Crippen LogP contribution in [0.2, 0.25) is 0 Å². The second kappa shape index (κ2) is 10.3. The molecule has 1 aliphatic rings. The zero-order valence-electron chi connectivity index (χ0n) is 18.8. The molecule has 7 nitrogen and oxygen atoms in total. The van der Waals surface area contributed by atoms with Gasteiger partial charge >= 0.3 is 0 Å². The van der Waals surface area contributed by atoms with Gasteiger partial charge in [0.2, 0.25) is 11.8 Å². The van der Waals surface area contributed by atoms with Crippen LogP contribution in [-0.4, -0.2) is 62.6 Å². The molecule has 0 saturated carbocycles. The predicted molar refractivity (Wildman–Crippen MR) is 124 cm³/mol. The first-order valence-corrected chi connectivity index (χ1v) is 10.7. The van der Waals surface area contributed by atoms with Crippen LogP contribution in [0.1, 0.15) is 18.1 Å². The number of nitrogens with zero attached hydrogens (tertiary/aromatic N) is 2. The van der Waals surface area contributed by atoms with E-state index in [9.17, 15) is 9.59 Å². The molecule has 1 atom stereocenters. The van der Waals surface area contributed by atoms with Gasteiger partial charge in [-0.05, 0) is 44.0 Å². The van der Waals surface area contributed by atoms with Crippen molar-refractivity contribution in [3.8, 4) is 5.75 Å². The van der Waals surface area contributed by atoms with Gasteiger partial charge in [0.15, 0.2) is 0 Å². The Bertz CT molecular complexity index is 903. The number of benzene rings is 2. The summed E-state index contributed by atoms with van der Waals surface area (Å²) in [7, 11) is 1.67. The molecular formula is C24H32N4O3. The Hall–Kier alpha value is -3.06. The summed E-state index contributed by atoms with van der Waals surface area (Å²) < 4.78 is 5.31. The molecule has 0 aromatic heterocycles. The quantitative estimate of drug-likeness (QED) is 0.715. The molecule has 7 heteroatoms. The first-order valence-electron chi connectivity index (χ1n) is 10.7. The highest BCUT2D eigenvalue weighted by Crippen LogP contribution is 2.22. The van der Waals surface area contributed by atoms with E-state index in [0.717, 1.165) is 54.4 Å². The number of hydrogen-bond donors (Lipinski definition) is 2. The molecule has 166 valence electrons. The van der Waals surface area contributed by atoms with Crippen LogP contribution in [0.4, 0.5) is 11.4 Å². The van der Waals surface area contributed by atoms with Crippen molar-refractivity contribution in [1.82, 2.24) is 10.2 Å². The molecule has 1 fully saturated rings. The van der Waals surface area contributed by atoms with Crippen LogP contribution in [0.25, 0.3) is 0 Å². The van der Waals surface area contributed by atoms with Gasteiger partial charge in [-0.1, -0.05) is 24.3 Å². The van der Waals surface area contributed by atoms with Gasteiger partial charge < -0.3 is 20.3 Å². The summed E-state index contributed by atoms with van der Waals surface area (Å²) in [6, 6.07) is 13.6. The third-order valence-electron chi connectivity index (χ3n) is 5.83. The molecule has 0 spiro atoms. The fourth-order valence-corrected chi connectivity index (χ4v) is 3.85. The van der Waals surface area contributed by atoms with E-state index in [4.69, 9.17) is 4.74 Å². The lowest BCUT2D eigenvalue weighted by molar-refractivity contribution is -0.128. The van der Waals surface area contributed by atoms with Gasteiger partial charge in [0, 0.05) is 43.6 Å². The maximum atomic E-state index is 12.6. The number of methoxy groups -OCH3 is 1. The number of carbonyl (C=O) groups is 2. The summed E-state index contributed by atoms with van der Waals surface area (Å²) >= 11 is 0. The number of para-hydroxylation sites is 1. The smallest absolute Gasteiger partial charge is 0.243 e. The fourth-order valence-electron chi connectivity index (χ4n) is 3.85. The SMILES string of the molecule is COc1cccc(N2CCN(C(C)C(=O)NCC(=O)Nc3c(C)cccc3C)CC2)c1. The van der Waals surface area contributed by atoms with E-state index >= 15 is 0 Å². The lowest BCUT2D eigenvalue weighted by Gasteiger charge is -2.38. The molecule has 1 heterocycles. The van der Waals surface area contributed by atoms with Crippen molar-refractivity contribution in [2.45, 2.75) is 26.8 Å². The second-order valence-corrected chi connectivity index (χ2v) is 7.93. The van der Waals surface area contributed by atoms with Crippen LogP contribution in [0.5, 0.6) is 5.75 Å². The summed E-state index contributed by atoms with van der Waals surface area (Å²) in [6.07, 6.45) is 0. The Morgan fingerprint density at radius 2 is 1.68 bits per heavy atom. The van der Waals surface area contributed by atoms with Gasteiger partial charge in [-0.2, -0.15) is 0 Å². The van der Waals surface area contributed by atoms with E-state index in [0.29, 0.717) is 0 Å². The number of rotatable bonds is 7. The van der Waals surface area contributed by atoms with Gasteiger partial charge in [0.05, 0.1) is 19.7 Å². The number of nitrogens with one attached hydrogen (secondary N) is 2. The predicted octanol–water partition coefficient (Wildman–Crippen LogP) is 2.58. The first kappa shape index (κ1) is 22.6. The van der Waals surface area contributed by atoms with Crippen molar-refractivity contribution in [2.75, 3.05) is 50.1 Å². The molecule has 2 amide bonds. The van der Waals surface area contributed by atoms with Crippen LogP contribution >= 0.6 is 0 Å². The Morgan fingerprint density at radius 3 is 2.32 bits per heavy atom. The van der Waals surface area contributed by atoms with E-state index in [2.05, 4.69) is 26.5 Å². The van der Waals surface area contributed by atoms with Crippen molar-refractivity contribution in [3.05, 3.63) is 53.6 Å². The minimum Gasteiger partial charge on any atom is -0.497 e. The van der Waals surface area contributed by atoms with Crippen molar-refractivity contribution in [3.63, 3.8) is 0 Å². The molecule has 1 saturated heterocycles. The lowest BCUT2D eigenvalue weighted by Crippen LogP contribution is -2.54. The maximum Gasteiger partial charge on any atom is 0.243 e. The van der Waals surface area contributed by atoms with E-state index in [1.807, 2.05) is 57.2 Å². The van der Waals surface area contributed by atoms with Crippen LogP contribution in [0.3, 0.4) is 0 Å². The van der Waals surface area contributed by atoms with Crippen LogP contribution < -0.4 is 20.3 Å². The number of carbonyl (C=O) groups excluding carboxylic acids is 2. The lowest BCUT2D eigenvalue weighted by atomic mass is 10.1. The maximum absolute atomic E-state index is 12.6. The molecular weight excluding hydrogens is 392 g/mol. The van der Waals surface area contributed by atoms with Crippen molar-refractivity contribution in [1.29, 1.82) is 0 Å². The van der Waals surface area contributed by atoms with Gasteiger partial charge in [-0.15, -0.1) is 0 Å². The summed E-state index contributed by atoms with van der Waals surface area (Å²) in [5.41, 5.74) is 3.94. The molecule has 1 aliphatic heterocycles. The van der Waals surface area contributed by atoms with E-state index in [-0.39, 0.29) is 24.4 Å². The highest BCUT2D eigenvalue weighted by atomic mass is 16.5. The standard InChI is InChI=1S/C24H32N4O3/c1-17-7-5-8-18(2)23(17)26-22(29)16-25-24(30)19(3)27-11-13-28(14-12-27)20-9-6-10-21(15-20)31-4/h5-10,15,19H,11-14,16H2,1-4H3,(H,25,30)(H,26,29). The fraction of sp³-hybridized carbons (Fsp3) is 0.417. The molecule has 1 unspecified atom stereocenters. The minimum atomic E-state index is -0.291. The first-order chi connectivity index (χ1) is 14.9. The number of hydrogen-bond acceptors (Lipinski definition) is 5. The van der Waals surface area contributed by atoms with E-state index < -0.39 is 0 Å². The molecule has 2 N–H and O–H groups in total. The molecule has 3 rings (SSSR count). The van der Waals surface area contributed by atoms with Gasteiger partial charge in [0.1, 0.15) is 5.75 Å². The summed E-state index contributed by atoms with van der Waals surface area (Å²) in [6.45, 7) is 8.97. The Balaban J connectivity index is 1.46. The monoisotopic (exact) mass is 424 g/mol. The zero-order valence-corrected chi connectivity index (χ0v) is 18.8. The van der Waals surface area contributed by atoms with Crippen LogP contribution in [-0.2, 0) is 9.59 Å². The summed E-state index contributed by atoms with van der Waals surface area (Å²) in [5.74, 6) is 0.485. The minimum absolute atomic E-state index is 0.0409. The number of ether oxygens (including phenoxy) is 1. The number of piperazine rings is 1. The van der Waals surface area contributed by atoms with Crippen LogP contribution in [0, 0.1) is 13.8 Å². The average Bonchev–Trinajstić information content (AvgIpc) is 2.79. The Kier molecular flexibility index (Phi) is 7.52. The molecule has 0 bridgehead atoms. The number of aryl methyl sites for hydroxylation is 2. The van der Waals surface area contributed by atoms with E-state index in [1.54, 1.807) is 7.11 Å². The molecule has 31 heavy (non-hydrogen) atoms. The van der Waals surface area contributed by atoms with Gasteiger partial charge in [-0.25, -0.2) is 0 Å². The van der Waals surface area contributed by atoms with Crippen molar-refractivity contribution in [2.24, 2.45) is 0 Å². The molecule has 2 aromatic rings. The molecule has 0 radical (unpaired) electrons. The largest absolute Gasteiger partial charge is 0.497 e. The van der Waals surface area contributed by atoms with Crippen LogP contribution in [0.15, 0.2) is 42.5 Å². The molecule has 0 aliphatic carbocycles. The Morgan fingerprint density at radius 1 is 1.03 bits per heavy atom. The third kappa shape index (κ3) is 5.76. The topological polar surface area (TPSA) is 73.9 Å². The molecule has 2 aromatic carbocycles. The Labute approximate surface area is 184 Å². The normalized spacial score (nSPS) is 15.3. The van der Waals surface area contributed by atoms with Gasteiger partial charge in [0.25, 0.3) is 0 Å². The number of amides is 2. The summed E-state index contributed by atoms with van der Waals surface area (Å²) in [5, 5.41) is 5.68. The van der Waals surface area contributed by atoms with Crippen molar-refractivity contribution >= 4 is 23.2 Å². The average molecular weight is 425 g/mol. The second-order valence-electron chi connectivity index (χ2n) is 7.93. The zero-order chi connectivity index (χ0) is 22.4. The van der Waals surface area contributed by atoms with Crippen molar-refractivity contribution < 1.29 is 14.3 Å². The van der Waals surface area contributed by atoms with Gasteiger partial charge in [-0.3, -0.25) is 14.5 Å². The van der Waals surface area contributed by atoms with E-state index in [1.165, 1.54) is 0 Å². The highest BCUT2D eigenvalue weighted by Gasteiger charge is 2.26. The summed E-state index contributed by atoms with van der Waals surface area (Å²) in [4.78, 5) is 29.4. The highest BCUT2D eigenvalue weighted by molar-refractivity contribution is 5.96. The number of anilines is 2.